The first-order chi connectivity index (χ1) is 12.1. The second kappa shape index (κ2) is 6.15. The maximum Gasteiger partial charge on any atom is 0.408 e. The van der Waals surface area contributed by atoms with Crippen molar-refractivity contribution >= 4 is 6.09 Å². The number of benzene rings is 2. The molecule has 1 fully saturated rings. The monoisotopic (exact) mass is 340 g/mol. The highest BCUT2D eigenvalue weighted by atomic mass is 19.1. The summed E-state index contributed by atoms with van der Waals surface area (Å²) >= 11 is 0. The van der Waals surface area contributed by atoms with Gasteiger partial charge in [-0.05, 0) is 48.2 Å². The summed E-state index contributed by atoms with van der Waals surface area (Å²) in [6, 6.07) is 14.4. The van der Waals surface area contributed by atoms with Gasteiger partial charge in [0.1, 0.15) is 11.4 Å². The summed E-state index contributed by atoms with van der Waals surface area (Å²) in [5, 5.41) is 13.4. The molecule has 2 aromatic carbocycles. The van der Waals surface area contributed by atoms with Gasteiger partial charge in [-0.25, -0.2) is 9.18 Å². The number of nitrogens with one attached hydrogen (secondary N) is 1. The number of amides is 1. The Labute approximate surface area is 146 Å². The number of carbonyl (C=O) groups is 1. The molecule has 1 saturated heterocycles. The Kier molecular flexibility index (Phi) is 3.96. The van der Waals surface area contributed by atoms with Gasteiger partial charge in [0.05, 0.1) is 0 Å². The third-order valence-corrected chi connectivity index (χ3v) is 5.62. The predicted molar refractivity (Wildman–Crippen MR) is 93.0 cm³/mol. The Morgan fingerprint density at radius 3 is 2.64 bits per heavy atom. The lowest BCUT2D eigenvalue weighted by molar-refractivity contribution is 0.0559. The molecule has 1 amide bonds. The third-order valence-electron chi connectivity index (χ3n) is 5.62. The molecule has 2 atom stereocenters. The molecule has 0 aromatic heterocycles. The molecule has 0 unspecified atom stereocenters. The summed E-state index contributed by atoms with van der Waals surface area (Å²) in [5.41, 5.74) is 2.27. The van der Waals surface area contributed by atoms with Crippen LogP contribution in [0.4, 0.5) is 9.18 Å². The Hall–Kier alpha value is -2.40. The van der Waals surface area contributed by atoms with Crippen molar-refractivity contribution in [1.29, 1.82) is 0 Å². The maximum atomic E-state index is 13.6. The lowest BCUT2D eigenvalue weighted by atomic mass is 9.67. The van der Waals surface area contributed by atoms with Crippen LogP contribution in [0.15, 0.2) is 48.5 Å². The second-order valence-electron chi connectivity index (χ2n) is 6.80. The van der Waals surface area contributed by atoms with Crippen LogP contribution >= 0.6 is 0 Å². The van der Waals surface area contributed by atoms with E-state index in [-0.39, 0.29) is 11.7 Å². The van der Waals surface area contributed by atoms with Crippen molar-refractivity contribution in [3.63, 3.8) is 0 Å². The molecule has 2 N–H and O–H groups in total. The van der Waals surface area contributed by atoms with Gasteiger partial charge in [0.2, 0.25) is 0 Å². The fraction of sp³-hybridized carbons (Fsp3) is 0.350. The van der Waals surface area contributed by atoms with Crippen LogP contribution in [0, 0.1) is 11.7 Å². The molecule has 0 radical (unpaired) electrons. The van der Waals surface area contributed by atoms with Gasteiger partial charge >= 0.3 is 6.09 Å². The van der Waals surface area contributed by atoms with Crippen LogP contribution in [0.25, 0.3) is 0 Å². The SMILES string of the molecule is O=C(O)N1CCc2ccccc2[C@@]1(c1ccc(F)cc1)[C@H]1CCNC1. The topological polar surface area (TPSA) is 52.6 Å². The van der Waals surface area contributed by atoms with Crippen LogP contribution in [0.5, 0.6) is 0 Å². The molecule has 0 spiro atoms. The molecule has 25 heavy (non-hydrogen) atoms. The summed E-state index contributed by atoms with van der Waals surface area (Å²) in [4.78, 5) is 13.8. The average molecular weight is 340 g/mol. The van der Waals surface area contributed by atoms with Crippen molar-refractivity contribution in [2.45, 2.75) is 18.4 Å². The number of hydrogen-bond donors (Lipinski definition) is 2. The van der Waals surface area contributed by atoms with E-state index in [1.807, 2.05) is 18.2 Å². The van der Waals surface area contributed by atoms with Gasteiger partial charge in [0.25, 0.3) is 0 Å². The third kappa shape index (κ3) is 2.42. The van der Waals surface area contributed by atoms with E-state index in [4.69, 9.17) is 0 Å². The van der Waals surface area contributed by atoms with Crippen LogP contribution in [-0.2, 0) is 12.0 Å². The average Bonchev–Trinajstić information content (AvgIpc) is 3.16. The van der Waals surface area contributed by atoms with Crippen molar-refractivity contribution in [2.75, 3.05) is 19.6 Å². The van der Waals surface area contributed by atoms with Gasteiger partial charge in [0.15, 0.2) is 0 Å². The minimum absolute atomic E-state index is 0.107. The quantitative estimate of drug-likeness (QED) is 0.883. The van der Waals surface area contributed by atoms with Crippen molar-refractivity contribution in [3.05, 3.63) is 71.0 Å². The smallest absolute Gasteiger partial charge is 0.408 e. The molecule has 0 saturated carbocycles. The predicted octanol–water partition coefficient (Wildman–Crippen LogP) is 3.21. The van der Waals surface area contributed by atoms with Gasteiger partial charge in [-0.15, -0.1) is 0 Å². The number of carboxylic acid groups (broad SMARTS) is 1. The van der Waals surface area contributed by atoms with Crippen LogP contribution in [0.1, 0.15) is 23.1 Å². The van der Waals surface area contributed by atoms with E-state index < -0.39 is 11.6 Å². The summed E-state index contributed by atoms with van der Waals surface area (Å²) < 4.78 is 13.6. The zero-order valence-electron chi connectivity index (χ0n) is 13.9. The van der Waals surface area contributed by atoms with E-state index in [9.17, 15) is 14.3 Å². The molecule has 2 heterocycles. The van der Waals surface area contributed by atoms with Crippen LogP contribution in [0.2, 0.25) is 0 Å². The van der Waals surface area contributed by atoms with Gasteiger partial charge in [0, 0.05) is 19.0 Å². The van der Waals surface area contributed by atoms with Crippen LogP contribution < -0.4 is 5.32 Å². The van der Waals surface area contributed by atoms with Gasteiger partial charge in [-0.2, -0.15) is 0 Å². The largest absolute Gasteiger partial charge is 0.465 e. The van der Waals surface area contributed by atoms with E-state index in [0.717, 1.165) is 30.6 Å². The van der Waals surface area contributed by atoms with E-state index >= 15 is 0 Å². The first-order valence-electron chi connectivity index (χ1n) is 8.69. The minimum atomic E-state index is -0.925. The van der Waals surface area contributed by atoms with E-state index in [1.54, 1.807) is 17.0 Å². The standard InChI is InChI=1S/C20H21FN2O2/c21-17-7-5-15(6-8-17)20(16-9-11-22-13-16)18-4-2-1-3-14(18)10-12-23(20)19(24)25/h1-8,16,22H,9-13H2,(H,24,25)/t16-,20+/m0/s1. The van der Waals surface area contributed by atoms with Crippen molar-refractivity contribution in [3.8, 4) is 0 Å². The number of halogens is 1. The Morgan fingerprint density at radius 2 is 1.96 bits per heavy atom. The normalized spacial score (nSPS) is 25.6. The molecule has 5 heteroatoms. The first-order valence-corrected chi connectivity index (χ1v) is 8.69. The van der Waals surface area contributed by atoms with Crippen molar-refractivity contribution in [2.24, 2.45) is 5.92 Å². The lowest BCUT2D eigenvalue weighted by Crippen LogP contribution is -2.58. The molecule has 130 valence electrons. The molecule has 2 aromatic rings. The highest BCUT2D eigenvalue weighted by Gasteiger charge is 2.52. The molecular formula is C20H21FN2O2. The fourth-order valence-electron chi connectivity index (χ4n) is 4.61. The highest BCUT2D eigenvalue weighted by Crippen LogP contribution is 2.48. The van der Waals surface area contributed by atoms with Gasteiger partial charge in [-0.1, -0.05) is 36.4 Å². The molecule has 0 bridgehead atoms. The molecule has 2 aliphatic rings. The van der Waals surface area contributed by atoms with E-state index in [1.165, 1.54) is 17.7 Å². The fourth-order valence-corrected chi connectivity index (χ4v) is 4.61. The Balaban J connectivity index is 2.01. The summed E-state index contributed by atoms with van der Waals surface area (Å²) in [6.07, 6.45) is 0.659. The second-order valence-corrected chi connectivity index (χ2v) is 6.80. The summed E-state index contributed by atoms with van der Waals surface area (Å²) in [5.74, 6) is -0.204. The molecule has 2 aliphatic heterocycles. The number of nitrogens with zero attached hydrogens (tertiary/aromatic N) is 1. The van der Waals surface area contributed by atoms with E-state index in [2.05, 4.69) is 11.4 Å². The number of rotatable bonds is 2. The summed E-state index contributed by atoms with van der Waals surface area (Å²) in [6.45, 7) is 2.05. The summed E-state index contributed by atoms with van der Waals surface area (Å²) in [7, 11) is 0. The van der Waals surface area contributed by atoms with Gasteiger partial charge < -0.3 is 10.4 Å². The highest BCUT2D eigenvalue weighted by molar-refractivity contribution is 5.69. The van der Waals surface area contributed by atoms with E-state index in [0.29, 0.717) is 13.0 Å². The minimum Gasteiger partial charge on any atom is -0.465 e. The van der Waals surface area contributed by atoms with Crippen LogP contribution in [-0.4, -0.2) is 35.7 Å². The maximum absolute atomic E-state index is 13.6. The van der Waals surface area contributed by atoms with Crippen molar-refractivity contribution < 1.29 is 14.3 Å². The van der Waals surface area contributed by atoms with Crippen molar-refractivity contribution in [1.82, 2.24) is 10.2 Å². The Bertz CT molecular complexity index is 787. The lowest BCUT2D eigenvalue weighted by Gasteiger charge is -2.50. The molecular weight excluding hydrogens is 319 g/mol. The Morgan fingerprint density at radius 1 is 1.20 bits per heavy atom. The zero-order valence-corrected chi connectivity index (χ0v) is 13.9. The zero-order chi connectivity index (χ0) is 17.4. The first kappa shape index (κ1) is 16.1. The molecule has 0 aliphatic carbocycles. The number of hydrogen-bond acceptors (Lipinski definition) is 2. The number of fused-ring (bicyclic) bond motifs is 1. The van der Waals surface area contributed by atoms with Gasteiger partial charge in [-0.3, -0.25) is 4.90 Å². The molecule has 4 rings (SSSR count). The van der Waals surface area contributed by atoms with Crippen LogP contribution in [0.3, 0.4) is 0 Å². The molecule has 4 nitrogen and oxygen atoms in total.